The molecule has 178 valence electrons. The number of carbonyl (C=O) groups is 3. The minimum Gasteiger partial charge on any atom is -0.381 e. The monoisotopic (exact) mass is 472 g/mol. The summed E-state index contributed by atoms with van der Waals surface area (Å²) in [6, 6.07) is 20.2. The summed E-state index contributed by atoms with van der Waals surface area (Å²) in [7, 11) is 0. The van der Waals surface area contributed by atoms with Gasteiger partial charge in [-0.25, -0.2) is 4.39 Å². The third kappa shape index (κ3) is 4.47. The Kier molecular flexibility index (Phi) is 6.17. The van der Waals surface area contributed by atoms with Crippen LogP contribution >= 0.6 is 0 Å². The van der Waals surface area contributed by atoms with Crippen LogP contribution in [0.5, 0.6) is 0 Å². The lowest BCUT2D eigenvalue weighted by Crippen LogP contribution is -2.44. The second kappa shape index (κ2) is 9.43. The van der Waals surface area contributed by atoms with E-state index in [0.29, 0.717) is 54.9 Å². The van der Waals surface area contributed by atoms with Gasteiger partial charge in [-0.3, -0.25) is 19.3 Å². The largest absolute Gasteiger partial charge is 0.381 e. The molecule has 6 nitrogen and oxygen atoms in total. The number of amides is 3. The predicted molar refractivity (Wildman–Crippen MR) is 128 cm³/mol. The Balaban J connectivity index is 1.30. The number of rotatable bonds is 6. The first kappa shape index (κ1) is 22.9. The van der Waals surface area contributed by atoms with Crippen molar-refractivity contribution >= 4 is 17.7 Å². The van der Waals surface area contributed by atoms with E-state index in [4.69, 9.17) is 4.74 Å². The van der Waals surface area contributed by atoms with E-state index in [9.17, 15) is 18.8 Å². The predicted octanol–water partition coefficient (Wildman–Crippen LogP) is 4.10. The molecule has 3 amide bonds. The van der Waals surface area contributed by atoms with Crippen LogP contribution in [0.2, 0.25) is 0 Å². The molecule has 5 rings (SSSR count). The molecule has 1 saturated heterocycles. The Morgan fingerprint density at radius 3 is 2.29 bits per heavy atom. The molecule has 2 heterocycles. The van der Waals surface area contributed by atoms with Crippen LogP contribution in [-0.2, 0) is 16.7 Å². The maximum Gasteiger partial charge on any atom is 0.261 e. The summed E-state index contributed by atoms with van der Waals surface area (Å²) in [5.74, 6) is -1.24. The summed E-state index contributed by atoms with van der Waals surface area (Å²) < 4.78 is 19.5. The van der Waals surface area contributed by atoms with Gasteiger partial charge in [0.2, 0.25) is 0 Å². The summed E-state index contributed by atoms with van der Waals surface area (Å²) in [5, 5.41) is 3.02. The number of halogens is 1. The average molecular weight is 473 g/mol. The number of fused-ring (bicyclic) bond motifs is 1. The topological polar surface area (TPSA) is 75.7 Å². The molecule has 35 heavy (non-hydrogen) atoms. The summed E-state index contributed by atoms with van der Waals surface area (Å²) in [6.07, 6.45) is 1.35. The molecule has 0 aliphatic carbocycles. The molecule has 0 unspecified atom stereocenters. The Morgan fingerprint density at radius 1 is 0.914 bits per heavy atom. The number of nitrogens with one attached hydrogen (secondary N) is 1. The standard InChI is InChI=1S/C28H25FN2O4/c29-22-8-4-7-21(16-22)28(11-13-35-14-12-28)18-30-25(32)20-6-3-5-19(15-20)17-31-26(33)23-9-1-2-10-24(23)27(31)34/h1-10,15-16H,11-14,17-18H2,(H,30,32). The van der Waals surface area contributed by atoms with Crippen LogP contribution in [0.25, 0.3) is 0 Å². The van der Waals surface area contributed by atoms with E-state index in [2.05, 4.69) is 5.32 Å². The first-order chi connectivity index (χ1) is 17.0. The molecule has 2 aliphatic heterocycles. The SMILES string of the molecule is O=C(NCC1(c2cccc(F)c2)CCOCC1)c1cccc(CN2C(=O)c3ccccc3C2=O)c1. The van der Waals surface area contributed by atoms with E-state index < -0.39 is 5.41 Å². The molecule has 2 aliphatic rings. The van der Waals surface area contributed by atoms with E-state index in [-0.39, 0.29) is 30.1 Å². The van der Waals surface area contributed by atoms with Crippen molar-refractivity contribution in [1.29, 1.82) is 0 Å². The molecular weight excluding hydrogens is 447 g/mol. The first-order valence-corrected chi connectivity index (χ1v) is 11.6. The molecule has 0 aromatic heterocycles. The van der Waals surface area contributed by atoms with Crippen LogP contribution < -0.4 is 5.32 Å². The van der Waals surface area contributed by atoms with Crippen LogP contribution in [0.3, 0.4) is 0 Å². The van der Waals surface area contributed by atoms with Gasteiger partial charge >= 0.3 is 0 Å². The van der Waals surface area contributed by atoms with Crippen molar-refractivity contribution in [3.63, 3.8) is 0 Å². The van der Waals surface area contributed by atoms with Gasteiger partial charge in [-0.1, -0.05) is 36.4 Å². The highest BCUT2D eigenvalue weighted by Gasteiger charge is 2.36. The van der Waals surface area contributed by atoms with Gasteiger partial charge in [0.15, 0.2) is 0 Å². The average Bonchev–Trinajstić information content (AvgIpc) is 3.13. The molecule has 0 radical (unpaired) electrons. The zero-order valence-corrected chi connectivity index (χ0v) is 19.1. The van der Waals surface area contributed by atoms with Gasteiger partial charge in [0.1, 0.15) is 5.82 Å². The van der Waals surface area contributed by atoms with Crippen molar-refractivity contribution < 1.29 is 23.5 Å². The van der Waals surface area contributed by atoms with Gasteiger partial charge in [0, 0.05) is 30.7 Å². The Morgan fingerprint density at radius 2 is 1.60 bits per heavy atom. The lowest BCUT2D eigenvalue weighted by Gasteiger charge is -2.38. The normalized spacial score (nSPS) is 16.8. The fourth-order valence-electron chi connectivity index (χ4n) is 4.88. The van der Waals surface area contributed by atoms with Crippen molar-refractivity contribution in [2.75, 3.05) is 19.8 Å². The zero-order valence-electron chi connectivity index (χ0n) is 19.1. The lowest BCUT2D eigenvalue weighted by molar-refractivity contribution is 0.0486. The summed E-state index contributed by atoms with van der Waals surface area (Å²) >= 11 is 0. The van der Waals surface area contributed by atoms with E-state index in [1.807, 2.05) is 6.07 Å². The Bertz CT molecular complexity index is 1260. The second-order valence-electron chi connectivity index (χ2n) is 9.03. The number of hydrogen-bond acceptors (Lipinski definition) is 4. The van der Waals surface area contributed by atoms with Gasteiger partial charge in [0.05, 0.1) is 17.7 Å². The lowest BCUT2D eigenvalue weighted by atomic mass is 9.74. The molecular formula is C28H25FN2O4. The van der Waals surface area contributed by atoms with Crippen molar-refractivity contribution in [3.05, 3.63) is 106 Å². The Labute approximate surface area is 202 Å². The summed E-state index contributed by atoms with van der Waals surface area (Å²) in [5.41, 5.74) is 2.34. The first-order valence-electron chi connectivity index (χ1n) is 11.6. The quantitative estimate of drug-likeness (QED) is 0.548. The maximum atomic E-state index is 13.9. The number of benzene rings is 3. The van der Waals surface area contributed by atoms with E-state index in [1.165, 1.54) is 17.0 Å². The van der Waals surface area contributed by atoms with Crippen LogP contribution in [-0.4, -0.2) is 42.4 Å². The third-order valence-corrected chi connectivity index (χ3v) is 6.88. The maximum absolute atomic E-state index is 13.9. The highest BCUT2D eigenvalue weighted by atomic mass is 19.1. The molecule has 0 saturated carbocycles. The number of ether oxygens (including phenoxy) is 1. The number of imide groups is 1. The van der Waals surface area contributed by atoms with Crippen molar-refractivity contribution in [2.45, 2.75) is 24.8 Å². The molecule has 3 aromatic rings. The summed E-state index contributed by atoms with van der Waals surface area (Å²) in [6.45, 7) is 1.52. The smallest absolute Gasteiger partial charge is 0.261 e. The fourth-order valence-corrected chi connectivity index (χ4v) is 4.88. The van der Waals surface area contributed by atoms with Crippen molar-refractivity contribution in [1.82, 2.24) is 10.2 Å². The summed E-state index contributed by atoms with van der Waals surface area (Å²) in [4.78, 5) is 39.6. The highest BCUT2D eigenvalue weighted by molar-refractivity contribution is 6.21. The molecule has 1 N–H and O–H groups in total. The molecule has 0 bridgehead atoms. The van der Waals surface area contributed by atoms with Crippen molar-refractivity contribution in [2.24, 2.45) is 0 Å². The van der Waals surface area contributed by atoms with Gasteiger partial charge < -0.3 is 10.1 Å². The highest BCUT2D eigenvalue weighted by Crippen LogP contribution is 2.34. The van der Waals surface area contributed by atoms with Crippen molar-refractivity contribution in [3.8, 4) is 0 Å². The van der Waals surface area contributed by atoms with Crippen LogP contribution in [0, 0.1) is 5.82 Å². The number of nitrogens with zero attached hydrogens (tertiary/aromatic N) is 1. The van der Waals surface area contributed by atoms with Gasteiger partial charge in [-0.05, 0) is 60.4 Å². The van der Waals surface area contributed by atoms with Crippen LogP contribution in [0.15, 0.2) is 72.8 Å². The molecule has 3 aromatic carbocycles. The second-order valence-corrected chi connectivity index (χ2v) is 9.03. The van der Waals surface area contributed by atoms with Crippen LogP contribution in [0.1, 0.15) is 55.0 Å². The number of hydrogen-bond donors (Lipinski definition) is 1. The molecule has 0 atom stereocenters. The minimum atomic E-state index is -0.409. The fraction of sp³-hybridized carbons (Fsp3) is 0.250. The molecule has 7 heteroatoms. The van der Waals surface area contributed by atoms with E-state index >= 15 is 0 Å². The Hall–Kier alpha value is -3.84. The van der Waals surface area contributed by atoms with Gasteiger partial charge in [0.25, 0.3) is 17.7 Å². The molecule has 1 fully saturated rings. The van der Waals surface area contributed by atoms with E-state index in [1.54, 1.807) is 54.6 Å². The number of carbonyl (C=O) groups excluding carboxylic acids is 3. The van der Waals surface area contributed by atoms with Gasteiger partial charge in [-0.2, -0.15) is 0 Å². The molecule has 0 spiro atoms. The minimum absolute atomic E-state index is 0.0814. The third-order valence-electron chi connectivity index (χ3n) is 6.88. The van der Waals surface area contributed by atoms with E-state index in [0.717, 1.165) is 5.56 Å². The zero-order chi connectivity index (χ0) is 24.4. The van der Waals surface area contributed by atoms with Crippen LogP contribution in [0.4, 0.5) is 4.39 Å². The van der Waals surface area contributed by atoms with Gasteiger partial charge in [-0.15, -0.1) is 0 Å².